The number of halogens is 2. The predicted molar refractivity (Wildman–Crippen MR) is 81.8 cm³/mol. The van der Waals surface area contributed by atoms with Gasteiger partial charge in [-0.2, -0.15) is 4.39 Å². The van der Waals surface area contributed by atoms with E-state index >= 15 is 0 Å². The molecule has 0 radical (unpaired) electrons. The van der Waals surface area contributed by atoms with Crippen molar-refractivity contribution in [3.63, 3.8) is 0 Å². The zero-order valence-electron chi connectivity index (χ0n) is 10.1. The van der Waals surface area contributed by atoms with E-state index in [-0.39, 0.29) is 0 Å². The number of nitro benzene ring substituents is 1. The van der Waals surface area contributed by atoms with E-state index in [1.807, 2.05) is 19.2 Å². The maximum Gasteiger partial charge on any atom is 0.304 e. The van der Waals surface area contributed by atoms with Crippen molar-refractivity contribution in [2.45, 2.75) is 0 Å². The summed E-state index contributed by atoms with van der Waals surface area (Å²) in [4.78, 5) is 9.23. The van der Waals surface area contributed by atoms with Crippen molar-refractivity contribution in [1.29, 1.82) is 0 Å². The fourth-order valence-electron chi connectivity index (χ4n) is 1.26. The second-order valence-corrected chi connectivity index (χ2v) is 4.60. The van der Waals surface area contributed by atoms with Gasteiger partial charge in [-0.3, -0.25) is 10.1 Å². The Labute approximate surface area is 123 Å². The molecule has 4 nitrogen and oxygen atoms in total. The van der Waals surface area contributed by atoms with Crippen molar-refractivity contribution in [3.05, 3.63) is 68.0 Å². The summed E-state index contributed by atoms with van der Waals surface area (Å²) in [6, 6.07) is 13.2. The van der Waals surface area contributed by atoms with Gasteiger partial charge in [-0.15, -0.1) is 0 Å². The predicted octanol–water partition coefficient (Wildman–Crippen LogP) is 4.07. The Bertz CT molecular complexity index is 564. The molecule has 100 valence electrons. The molecule has 0 unspecified atom stereocenters. The number of nitrogens with one attached hydrogen (secondary N) is 1. The largest absolute Gasteiger partial charge is 0.387 e. The van der Waals surface area contributed by atoms with Crippen LogP contribution in [0.1, 0.15) is 0 Å². The molecule has 0 atom stereocenters. The first kappa shape index (κ1) is 15.4. The molecule has 2 rings (SSSR count). The van der Waals surface area contributed by atoms with Gasteiger partial charge in [0.1, 0.15) is 0 Å². The third kappa shape index (κ3) is 4.82. The van der Waals surface area contributed by atoms with Crippen LogP contribution in [0.3, 0.4) is 0 Å². The number of benzene rings is 2. The van der Waals surface area contributed by atoms with E-state index < -0.39 is 16.4 Å². The van der Waals surface area contributed by atoms with Crippen LogP contribution in [0.5, 0.6) is 0 Å². The van der Waals surface area contributed by atoms with E-state index in [1.54, 1.807) is 0 Å². The molecular formula is C13H12FIN2O2. The SMILES string of the molecule is CNc1ccccc1I.O=[N+]([O-])c1ccccc1F. The summed E-state index contributed by atoms with van der Waals surface area (Å²) in [5.74, 6) is -0.799. The number of anilines is 1. The molecule has 0 aliphatic rings. The first-order valence-corrected chi connectivity index (χ1v) is 6.45. The minimum absolute atomic E-state index is 0.484. The maximum absolute atomic E-state index is 12.4. The molecule has 19 heavy (non-hydrogen) atoms. The average molecular weight is 374 g/mol. The molecule has 0 aromatic heterocycles. The summed E-state index contributed by atoms with van der Waals surface area (Å²) in [6.45, 7) is 0. The second-order valence-electron chi connectivity index (χ2n) is 3.44. The topological polar surface area (TPSA) is 55.2 Å². The third-order valence-corrected chi connectivity index (χ3v) is 3.13. The lowest BCUT2D eigenvalue weighted by Crippen LogP contribution is -1.90. The van der Waals surface area contributed by atoms with E-state index in [1.165, 1.54) is 21.4 Å². The maximum atomic E-state index is 12.4. The normalized spacial score (nSPS) is 9.21. The first-order valence-electron chi connectivity index (χ1n) is 5.37. The first-order chi connectivity index (χ1) is 9.06. The monoisotopic (exact) mass is 374 g/mol. The number of para-hydroxylation sites is 2. The van der Waals surface area contributed by atoms with Gasteiger partial charge in [0.15, 0.2) is 0 Å². The van der Waals surface area contributed by atoms with Gasteiger partial charge in [0.05, 0.1) is 4.92 Å². The Balaban J connectivity index is 0.000000191. The van der Waals surface area contributed by atoms with Crippen molar-refractivity contribution in [2.75, 3.05) is 12.4 Å². The van der Waals surface area contributed by atoms with Crippen LogP contribution in [-0.2, 0) is 0 Å². The zero-order valence-corrected chi connectivity index (χ0v) is 12.3. The van der Waals surface area contributed by atoms with Gasteiger partial charge in [-0.25, -0.2) is 0 Å². The highest BCUT2D eigenvalue weighted by molar-refractivity contribution is 14.1. The van der Waals surface area contributed by atoms with Crippen molar-refractivity contribution < 1.29 is 9.31 Å². The molecule has 0 aliphatic heterocycles. The lowest BCUT2D eigenvalue weighted by atomic mass is 10.3. The van der Waals surface area contributed by atoms with Crippen LogP contribution < -0.4 is 5.32 Å². The molecule has 0 aliphatic carbocycles. The lowest BCUT2D eigenvalue weighted by Gasteiger charge is -1.99. The van der Waals surface area contributed by atoms with E-state index in [2.05, 4.69) is 40.0 Å². The molecule has 0 saturated heterocycles. The number of rotatable bonds is 2. The van der Waals surface area contributed by atoms with Gasteiger partial charge in [-0.1, -0.05) is 24.3 Å². The van der Waals surface area contributed by atoms with Crippen LogP contribution >= 0.6 is 22.6 Å². The van der Waals surface area contributed by atoms with Crippen LogP contribution in [0.15, 0.2) is 48.5 Å². The molecular weight excluding hydrogens is 362 g/mol. The fraction of sp³-hybridized carbons (Fsp3) is 0.0769. The summed E-state index contributed by atoms with van der Waals surface area (Å²) < 4.78 is 13.7. The van der Waals surface area contributed by atoms with Gasteiger partial charge in [0.25, 0.3) is 0 Å². The smallest absolute Gasteiger partial charge is 0.304 e. The van der Waals surface area contributed by atoms with Crippen LogP contribution in [0, 0.1) is 19.5 Å². The van der Waals surface area contributed by atoms with Crippen molar-refractivity contribution in [2.24, 2.45) is 0 Å². The second kappa shape index (κ2) is 7.67. The fourth-order valence-corrected chi connectivity index (χ4v) is 1.92. The van der Waals surface area contributed by atoms with E-state index in [9.17, 15) is 14.5 Å². The number of nitrogens with zero attached hydrogens (tertiary/aromatic N) is 1. The van der Waals surface area contributed by atoms with Gasteiger partial charge >= 0.3 is 5.69 Å². The van der Waals surface area contributed by atoms with Gasteiger partial charge in [-0.05, 0) is 40.8 Å². The highest BCUT2D eigenvalue weighted by Gasteiger charge is 2.10. The van der Waals surface area contributed by atoms with Gasteiger partial charge < -0.3 is 5.32 Å². The standard InChI is InChI=1S/C7H8IN.C6H4FNO2/c1-9-7-5-3-2-4-6(7)8;7-5-3-1-2-4-6(5)8(9)10/h2-5,9H,1H3;1-4H. The van der Waals surface area contributed by atoms with Gasteiger partial charge in [0.2, 0.25) is 5.82 Å². The summed E-state index contributed by atoms with van der Waals surface area (Å²) in [6.07, 6.45) is 0. The molecule has 2 aromatic rings. The summed E-state index contributed by atoms with van der Waals surface area (Å²) in [5, 5.41) is 13.1. The minimum atomic E-state index is -0.799. The highest BCUT2D eigenvalue weighted by Crippen LogP contribution is 2.15. The van der Waals surface area contributed by atoms with Gasteiger partial charge in [0, 0.05) is 22.4 Å². The Morgan fingerprint density at radius 2 is 1.74 bits per heavy atom. The lowest BCUT2D eigenvalue weighted by molar-refractivity contribution is -0.387. The minimum Gasteiger partial charge on any atom is -0.387 e. The Morgan fingerprint density at radius 1 is 1.16 bits per heavy atom. The molecule has 0 heterocycles. The molecule has 0 amide bonds. The van der Waals surface area contributed by atoms with Crippen molar-refractivity contribution in [1.82, 2.24) is 0 Å². The quantitative estimate of drug-likeness (QED) is 0.490. The highest BCUT2D eigenvalue weighted by atomic mass is 127. The number of hydrogen-bond donors (Lipinski definition) is 1. The summed E-state index contributed by atoms with van der Waals surface area (Å²) in [7, 11) is 1.93. The zero-order chi connectivity index (χ0) is 14.3. The third-order valence-electron chi connectivity index (χ3n) is 2.19. The van der Waals surface area contributed by atoms with Crippen molar-refractivity contribution in [3.8, 4) is 0 Å². The Hall–Kier alpha value is -1.70. The average Bonchev–Trinajstić information content (AvgIpc) is 2.40. The summed E-state index contributed by atoms with van der Waals surface area (Å²) >= 11 is 2.30. The van der Waals surface area contributed by atoms with Crippen LogP contribution in [0.4, 0.5) is 15.8 Å². The van der Waals surface area contributed by atoms with Crippen molar-refractivity contribution >= 4 is 34.0 Å². The summed E-state index contributed by atoms with van der Waals surface area (Å²) in [5.41, 5.74) is 0.709. The molecule has 0 spiro atoms. The molecule has 1 N–H and O–H groups in total. The number of hydrogen-bond acceptors (Lipinski definition) is 3. The van der Waals surface area contributed by atoms with E-state index in [4.69, 9.17) is 0 Å². The molecule has 2 aromatic carbocycles. The Morgan fingerprint density at radius 3 is 2.16 bits per heavy atom. The molecule has 0 bridgehead atoms. The van der Waals surface area contributed by atoms with Crippen LogP contribution in [0.25, 0.3) is 0 Å². The van der Waals surface area contributed by atoms with Crippen LogP contribution in [-0.4, -0.2) is 12.0 Å². The van der Waals surface area contributed by atoms with Crippen LogP contribution in [0.2, 0.25) is 0 Å². The Kier molecular flexibility index (Phi) is 6.20. The number of nitro groups is 1. The molecule has 0 fully saturated rings. The van der Waals surface area contributed by atoms with E-state index in [0.29, 0.717) is 0 Å². The molecule has 6 heteroatoms. The molecule has 0 saturated carbocycles. The van der Waals surface area contributed by atoms with E-state index in [0.717, 1.165) is 12.1 Å².